The van der Waals surface area contributed by atoms with Gasteiger partial charge in [-0.15, -0.1) is 0 Å². The SMILES string of the molecule is Cc1cccc(N)c1NC(=O)CN1CCCC1CN(C)C. The minimum absolute atomic E-state index is 0.0154. The average molecular weight is 290 g/mol. The largest absolute Gasteiger partial charge is 0.397 e. The summed E-state index contributed by atoms with van der Waals surface area (Å²) in [6, 6.07) is 6.14. The molecule has 0 aromatic heterocycles. The highest BCUT2D eigenvalue weighted by Gasteiger charge is 2.26. The Balaban J connectivity index is 1.95. The molecule has 0 radical (unpaired) electrons. The number of hydrogen-bond acceptors (Lipinski definition) is 4. The Morgan fingerprint density at radius 3 is 2.90 bits per heavy atom. The zero-order valence-corrected chi connectivity index (χ0v) is 13.2. The van der Waals surface area contributed by atoms with Crippen LogP contribution in [-0.2, 0) is 4.79 Å². The maximum atomic E-state index is 12.3. The molecule has 5 heteroatoms. The predicted molar refractivity (Wildman–Crippen MR) is 87.4 cm³/mol. The van der Waals surface area contributed by atoms with Crippen molar-refractivity contribution in [1.29, 1.82) is 0 Å². The number of aryl methyl sites for hydroxylation is 1. The van der Waals surface area contributed by atoms with E-state index in [1.54, 1.807) is 0 Å². The van der Waals surface area contributed by atoms with Crippen LogP contribution in [0.5, 0.6) is 0 Å². The van der Waals surface area contributed by atoms with Crippen molar-refractivity contribution < 1.29 is 4.79 Å². The molecule has 116 valence electrons. The molecule has 5 nitrogen and oxygen atoms in total. The Labute approximate surface area is 127 Å². The van der Waals surface area contributed by atoms with Gasteiger partial charge >= 0.3 is 0 Å². The number of nitrogen functional groups attached to an aromatic ring is 1. The van der Waals surface area contributed by atoms with Crippen molar-refractivity contribution >= 4 is 17.3 Å². The van der Waals surface area contributed by atoms with Crippen molar-refractivity contribution in [1.82, 2.24) is 9.80 Å². The second kappa shape index (κ2) is 6.91. The van der Waals surface area contributed by atoms with Gasteiger partial charge < -0.3 is 16.0 Å². The van der Waals surface area contributed by atoms with Gasteiger partial charge in [0, 0.05) is 12.6 Å². The number of hydrogen-bond donors (Lipinski definition) is 2. The lowest BCUT2D eigenvalue weighted by Gasteiger charge is -2.26. The molecule has 1 unspecified atom stereocenters. The molecule has 1 aliphatic heterocycles. The minimum Gasteiger partial charge on any atom is -0.397 e. The predicted octanol–water partition coefficient (Wildman–Crippen LogP) is 1.54. The highest BCUT2D eigenvalue weighted by Crippen LogP contribution is 2.23. The number of anilines is 2. The lowest BCUT2D eigenvalue weighted by molar-refractivity contribution is -0.117. The van der Waals surface area contributed by atoms with Crippen LogP contribution in [0.25, 0.3) is 0 Å². The molecule has 0 spiro atoms. The number of nitrogens with zero attached hydrogens (tertiary/aromatic N) is 2. The third-order valence-corrected chi connectivity index (χ3v) is 3.99. The smallest absolute Gasteiger partial charge is 0.238 e. The zero-order chi connectivity index (χ0) is 15.4. The third-order valence-electron chi connectivity index (χ3n) is 3.99. The van der Waals surface area contributed by atoms with E-state index in [2.05, 4.69) is 29.2 Å². The van der Waals surface area contributed by atoms with Crippen molar-refractivity contribution in [2.24, 2.45) is 0 Å². The van der Waals surface area contributed by atoms with Gasteiger partial charge in [-0.25, -0.2) is 0 Å². The summed E-state index contributed by atoms with van der Waals surface area (Å²) in [4.78, 5) is 16.7. The molecule has 1 heterocycles. The lowest BCUT2D eigenvalue weighted by Crippen LogP contribution is -2.41. The van der Waals surface area contributed by atoms with Crippen molar-refractivity contribution in [2.75, 3.05) is 44.8 Å². The lowest BCUT2D eigenvalue weighted by atomic mass is 10.1. The van der Waals surface area contributed by atoms with Crippen LogP contribution in [0.1, 0.15) is 18.4 Å². The molecule has 0 aliphatic carbocycles. The summed E-state index contributed by atoms with van der Waals surface area (Å²) in [6.45, 7) is 4.39. The highest BCUT2D eigenvalue weighted by molar-refractivity contribution is 5.96. The summed E-state index contributed by atoms with van der Waals surface area (Å²) in [6.07, 6.45) is 2.33. The van der Waals surface area contributed by atoms with Gasteiger partial charge in [0.25, 0.3) is 0 Å². The monoisotopic (exact) mass is 290 g/mol. The van der Waals surface area contributed by atoms with Crippen molar-refractivity contribution in [3.05, 3.63) is 23.8 Å². The van der Waals surface area contributed by atoms with Gasteiger partial charge in [0.05, 0.1) is 17.9 Å². The first-order valence-corrected chi connectivity index (χ1v) is 7.51. The Morgan fingerprint density at radius 1 is 1.48 bits per heavy atom. The number of carbonyl (C=O) groups excluding carboxylic acids is 1. The van der Waals surface area contributed by atoms with E-state index in [1.807, 2.05) is 25.1 Å². The summed E-state index contributed by atoms with van der Waals surface area (Å²) in [5, 5.41) is 2.96. The molecular formula is C16H26N4O. The molecule has 1 aromatic rings. The number of nitrogens with one attached hydrogen (secondary N) is 1. The molecule has 1 saturated heterocycles. The zero-order valence-electron chi connectivity index (χ0n) is 13.2. The number of rotatable bonds is 5. The second-order valence-electron chi connectivity index (χ2n) is 6.12. The van der Waals surface area contributed by atoms with E-state index in [0.717, 1.165) is 37.2 Å². The van der Waals surface area contributed by atoms with Crippen LogP contribution < -0.4 is 11.1 Å². The fraction of sp³-hybridized carbons (Fsp3) is 0.562. The summed E-state index contributed by atoms with van der Waals surface area (Å²) in [5.41, 5.74) is 8.29. The summed E-state index contributed by atoms with van der Waals surface area (Å²) in [7, 11) is 4.15. The molecule has 1 atom stereocenters. The van der Waals surface area contributed by atoms with Crippen LogP contribution in [0, 0.1) is 6.92 Å². The Kier molecular flexibility index (Phi) is 5.20. The van der Waals surface area contributed by atoms with Crippen LogP contribution in [0.15, 0.2) is 18.2 Å². The van der Waals surface area contributed by atoms with Gasteiger partial charge in [-0.1, -0.05) is 12.1 Å². The molecule has 1 amide bonds. The van der Waals surface area contributed by atoms with Gasteiger partial charge in [-0.2, -0.15) is 0 Å². The van der Waals surface area contributed by atoms with Gasteiger partial charge in [0.1, 0.15) is 0 Å². The number of carbonyl (C=O) groups is 1. The van der Waals surface area contributed by atoms with Crippen molar-refractivity contribution in [2.45, 2.75) is 25.8 Å². The first-order valence-electron chi connectivity index (χ1n) is 7.51. The van der Waals surface area contributed by atoms with E-state index in [-0.39, 0.29) is 5.91 Å². The molecule has 1 aromatic carbocycles. The number of likely N-dealkylation sites (tertiary alicyclic amines) is 1. The first-order chi connectivity index (χ1) is 9.97. The summed E-state index contributed by atoms with van der Waals surface area (Å²) < 4.78 is 0. The standard InChI is InChI=1S/C16H26N4O/c1-12-6-4-8-14(17)16(12)18-15(21)11-20-9-5-7-13(20)10-19(2)3/h4,6,8,13H,5,7,9-11,17H2,1-3H3,(H,18,21). The van der Waals surface area contributed by atoms with Crippen LogP contribution in [0.3, 0.4) is 0 Å². The maximum absolute atomic E-state index is 12.3. The summed E-state index contributed by atoms with van der Waals surface area (Å²) in [5.74, 6) is 0.0154. The van der Waals surface area contributed by atoms with Gasteiger partial charge in [0.2, 0.25) is 5.91 Å². The van der Waals surface area contributed by atoms with E-state index < -0.39 is 0 Å². The molecule has 21 heavy (non-hydrogen) atoms. The Hall–Kier alpha value is -1.59. The molecule has 1 aliphatic rings. The summed E-state index contributed by atoms with van der Waals surface area (Å²) >= 11 is 0. The second-order valence-corrected chi connectivity index (χ2v) is 6.12. The average Bonchev–Trinajstić information content (AvgIpc) is 2.80. The molecule has 2 rings (SSSR count). The van der Waals surface area contributed by atoms with Crippen molar-refractivity contribution in [3.63, 3.8) is 0 Å². The van der Waals surface area contributed by atoms with E-state index in [0.29, 0.717) is 18.3 Å². The maximum Gasteiger partial charge on any atom is 0.238 e. The molecule has 3 N–H and O–H groups in total. The van der Waals surface area contributed by atoms with Crippen LogP contribution >= 0.6 is 0 Å². The number of nitrogens with two attached hydrogens (primary N) is 1. The fourth-order valence-electron chi connectivity index (χ4n) is 2.96. The number of benzene rings is 1. The quantitative estimate of drug-likeness (QED) is 0.808. The van der Waals surface area contributed by atoms with Gasteiger partial charge in [0.15, 0.2) is 0 Å². The van der Waals surface area contributed by atoms with Gasteiger partial charge in [-0.3, -0.25) is 9.69 Å². The third kappa shape index (κ3) is 4.19. The number of likely N-dealkylation sites (N-methyl/N-ethyl adjacent to an activating group) is 1. The highest BCUT2D eigenvalue weighted by atomic mass is 16.2. The first kappa shape index (κ1) is 15.8. The van der Waals surface area contributed by atoms with Gasteiger partial charge in [-0.05, 0) is 52.0 Å². The number of para-hydroxylation sites is 1. The van der Waals surface area contributed by atoms with Crippen molar-refractivity contribution in [3.8, 4) is 0 Å². The van der Waals surface area contributed by atoms with E-state index in [9.17, 15) is 4.79 Å². The van der Waals surface area contributed by atoms with Crippen LogP contribution in [-0.4, -0.2) is 55.5 Å². The molecule has 1 fully saturated rings. The van der Waals surface area contributed by atoms with E-state index >= 15 is 0 Å². The fourth-order valence-corrected chi connectivity index (χ4v) is 2.96. The van der Waals surface area contributed by atoms with E-state index in [4.69, 9.17) is 5.73 Å². The minimum atomic E-state index is 0.0154. The van der Waals surface area contributed by atoms with E-state index in [1.165, 1.54) is 0 Å². The Bertz CT molecular complexity index is 481. The molecule has 0 bridgehead atoms. The van der Waals surface area contributed by atoms with Crippen LogP contribution in [0.2, 0.25) is 0 Å². The topological polar surface area (TPSA) is 61.6 Å². The normalized spacial score (nSPS) is 19.1. The van der Waals surface area contributed by atoms with Crippen LogP contribution in [0.4, 0.5) is 11.4 Å². The molecular weight excluding hydrogens is 264 g/mol. The Morgan fingerprint density at radius 2 is 2.24 bits per heavy atom. The number of amides is 1. The molecule has 0 saturated carbocycles.